The fourth-order valence-corrected chi connectivity index (χ4v) is 5.80. The van der Waals surface area contributed by atoms with Crippen LogP contribution in [-0.2, 0) is 43.7 Å². The molecule has 0 N–H and O–H groups in total. The lowest BCUT2D eigenvalue weighted by atomic mass is 9.23. The summed E-state index contributed by atoms with van der Waals surface area (Å²) >= 11 is 0. The first-order chi connectivity index (χ1) is 19.7. The van der Waals surface area contributed by atoms with Crippen molar-refractivity contribution in [2.24, 2.45) is 0 Å². The molecule has 0 atom stereocenters. The fourth-order valence-electron chi connectivity index (χ4n) is 5.80. The molecule has 4 fully saturated rings. The number of hydrogen-bond acceptors (Lipinski definition) is 9. The van der Waals surface area contributed by atoms with Crippen LogP contribution in [0.15, 0.2) is 18.3 Å². The van der Waals surface area contributed by atoms with Crippen LogP contribution in [0.2, 0.25) is 5.11 Å². The van der Waals surface area contributed by atoms with Gasteiger partial charge in [-0.05, 0) is 135 Å². The summed E-state index contributed by atoms with van der Waals surface area (Å²) in [4.78, 5) is 4.86. The summed E-state index contributed by atoms with van der Waals surface area (Å²) in [7, 11) is -3.00. The maximum Gasteiger partial charge on any atom is 0.494 e. The molecule has 0 aromatic carbocycles. The van der Waals surface area contributed by atoms with Gasteiger partial charge in [0.2, 0.25) is 0 Å². The van der Waals surface area contributed by atoms with Crippen LogP contribution in [0, 0.1) is 0 Å². The third-order valence-corrected chi connectivity index (χ3v) is 11.9. The van der Waals surface area contributed by atoms with Gasteiger partial charge < -0.3 is 37.2 Å². The van der Waals surface area contributed by atoms with E-state index in [9.17, 15) is 0 Å². The highest BCUT2D eigenvalue weighted by molar-refractivity contribution is 6.89. The van der Waals surface area contributed by atoms with Crippen molar-refractivity contribution in [2.75, 3.05) is 0 Å². The summed E-state index contributed by atoms with van der Waals surface area (Å²) in [5, 5.41) is -1.14. The molecule has 4 aliphatic rings. The molecule has 5 heterocycles. The van der Waals surface area contributed by atoms with Gasteiger partial charge in [-0.3, -0.25) is 4.98 Å². The Morgan fingerprint density at radius 3 is 1.11 bits per heavy atom. The van der Waals surface area contributed by atoms with E-state index >= 15 is 0 Å². The van der Waals surface area contributed by atoms with Gasteiger partial charge in [-0.2, -0.15) is 0 Å². The van der Waals surface area contributed by atoms with E-state index in [0.717, 1.165) is 11.2 Å². The van der Waals surface area contributed by atoms with Crippen molar-refractivity contribution in [3.05, 3.63) is 24.0 Å². The molecule has 4 saturated heterocycles. The molecule has 0 amide bonds. The number of nitrogens with zero attached hydrogens (tertiary/aromatic N) is 1. The first-order valence-electron chi connectivity index (χ1n) is 16.1. The monoisotopic (exact) mass is 611 g/mol. The molecular formula is C31H53B4NO8. The topological polar surface area (TPSA) is 86.7 Å². The van der Waals surface area contributed by atoms with E-state index in [4.69, 9.17) is 42.2 Å². The fraction of sp³-hybridized carbons (Fsp3) is 0.839. The standard InChI is InChI=1S/C31H53B4NO8/c1-23(2)24(3,4)38-32(37-23)21-17-18-36-22(19-21)20-31(33-39-25(5,6)26(7,8)40-33,34-41-27(9,10)28(11,12)42-34)35-43-29(13,14)30(15,16)44-35/h17-19H,20H2,1-16H3. The summed E-state index contributed by atoms with van der Waals surface area (Å²) in [5.41, 5.74) is -3.10. The van der Waals surface area contributed by atoms with Crippen LogP contribution in [0.3, 0.4) is 0 Å². The smallest absolute Gasteiger partial charge is 0.403 e. The van der Waals surface area contributed by atoms with Crippen LogP contribution in [0.1, 0.15) is 116 Å². The Labute approximate surface area is 267 Å². The van der Waals surface area contributed by atoms with Gasteiger partial charge in [0.25, 0.3) is 0 Å². The number of aromatic nitrogens is 1. The summed E-state index contributed by atoms with van der Waals surface area (Å²) in [6.07, 6.45) is 2.10. The van der Waals surface area contributed by atoms with Crippen molar-refractivity contribution >= 4 is 33.9 Å². The molecule has 13 heteroatoms. The predicted octanol–water partition coefficient (Wildman–Crippen LogP) is 5.02. The lowest BCUT2D eigenvalue weighted by molar-refractivity contribution is 0.00578. The Morgan fingerprint density at radius 1 is 0.500 bits per heavy atom. The molecule has 1 aromatic rings. The van der Waals surface area contributed by atoms with Gasteiger partial charge in [-0.1, -0.05) is 0 Å². The average Bonchev–Trinajstić information content (AvgIpc) is 3.38. The van der Waals surface area contributed by atoms with Gasteiger partial charge >= 0.3 is 28.5 Å². The van der Waals surface area contributed by atoms with E-state index in [1.807, 2.05) is 95.2 Å². The second kappa shape index (κ2) is 10.0. The first kappa shape index (κ1) is 34.4. The average molecular weight is 611 g/mol. The molecule has 5 rings (SSSR count). The van der Waals surface area contributed by atoms with E-state index in [0.29, 0.717) is 6.42 Å². The zero-order valence-corrected chi connectivity index (χ0v) is 30.0. The van der Waals surface area contributed by atoms with E-state index in [1.165, 1.54) is 0 Å². The van der Waals surface area contributed by atoms with Crippen molar-refractivity contribution in [1.29, 1.82) is 0 Å². The lowest BCUT2D eigenvalue weighted by Crippen LogP contribution is -2.60. The van der Waals surface area contributed by atoms with Gasteiger partial charge in [-0.15, -0.1) is 0 Å². The molecule has 1 aromatic heterocycles. The van der Waals surface area contributed by atoms with Gasteiger partial charge in [0.15, 0.2) is 0 Å². The molecule has 9 nitrogen and oxygen atoms in total. The van der Waals surface area contributed by atoms with Crippen LogP contribution < -0.4 is 5.46 Å². The zero-order chi connectivity index (χ0) is 33.2. The van der Waals surface area contributed by atoms with Crippen LogP contribution >= 0.6 is 0 Å². The summed E-state index contributed by atoms with van der Waals surface area (Å²) < 4.78 is 54.0. The highest BCUT2D eigenvalue weighted by Gasteiger charge is 2.77. The maximum absolute atomic E-state index is 6.86. The predicted molar refractivity (Wildman–Crippen MR) is 175 cm³/mol. The molecule has 4 aliphatic heterocycles. The number of rotatable bonds is 6. The quantitative estimate of drug-likeness (QED) is 0.412. The Hall–Kier alpha value is -0.910. The summed E-state index contributed by atoms with van der Waals surface area (Å²) in [6.45, 7) is 32.7. The highest BCUT2D eigenvalue weighted by Crippen LogP contribution is 2.57. The second-order valence-electron chi connectivity index (χ2n) is 17.2. The molecule has 0 radical (unpaired) electrons. The molecule has 242 valence electrons. The largest absolute Gasteiger partial charge is 0.494 e. The third kappa shape index (κ3) is 5.26. The molecule has 0 saturated carbocycles. The normalized spacial score (nSPS) is 29.1. The molecular weight excluding hydrogens is 558 g/mol. The minimum absolute atomic E-state index is 0.310. The molecule has 0 aliphatic carbocycles. The van der Waals surface area contributed by atoms with Crippen molar-refractivity contribution in [1.82, 2.24) is 4.98 Å². The minimum atomic E-state index is -1.14. The van der Waals surface area contributed by atoms with Crippen LogP contribution in [0.4, 0.5) is 0 Å². The molecule has 0 unspecified atom stereocenters. The van der Waals surface area contributed by atoms with E-state index < -0.39 is 78.4 Å². The summed E-state index contributed by atoms with van der Waals surface area (Å²) in [6, 6.07) is 3.96. The SMILES string of the molecule is CC1(C)OB(c2ccnc(CC(B3OC(C)(C)C(C)(C)O3)(B3OC(C)(C)C(C)(C)O3)B3OC(C)(C)C(C)(C)O3)c2)OC1(C)C. The van der Waals surface area contributed by atoms with Crippen molar-refractivity contribution in [2.45, 2.75) is 167 Å². The van der Waals surface area contributed by atoms with Crippen molar-refractivity contribution in [3.63, 3.8) is 0 Å². The van der Waals surface area contributed by atoms with Gasteiger partial charge in [0, 0.05) is 11.9 Å². The van der Waals surface area contributed by atoms with E-state index in [2.05, 4.69) is 27.7 Å². The van der Waals surface area contributed by atoms with Crippen molar-refractivity contribution in [3.8, 4) is 0 Å². The van der Waals surface area contributed by atoms with E-state index in [-0.39, 0.29) is 0 Å². The molecule has 0 spiro atoms. The third-order valence-electron chi connectivity index (χ3n) is 11.9. The molecule has 44 heavy (non-hydrogen) atoms. The van der Waals surface area contributed by atoms with Crippen molar-refractivity contribution < 1.29 is 37.2 Å². The van der Waals surface area contributed by atoms with Crippen LogP contribution in [0.5, 0.6) is 0 Å². The minimum Gasteiger partial charge on any atom is -0.403 e. The Balaban J connectivity index is 1.66. The Bertz CT molecular complexity index is 1130. The maximum atomic E-state index is 6.86. The van der Waals surface area contributed by atoms with Crippen LogP contribution in [0.25, 0.3) is 0 Å². The van der Waals surface area contributed by atoms with Gasteiger partial charge in [0.05, 0.1) is 49.9 Å². The Morgan fingerprint density at radius 2 is 0.795 bits per heavy atom. The Kier molecular flexibility index (Phi) is 7.86. The summed E-state index contributed by atoms with van der Waals surface area (Å²) in [5.74, 6) is 0. The highest BCUT2D eigenvalue weighted by atomic mass is 16.7. The number of pyridine rings is 1. The number of hydrogen-bond donors (Lipinski definition) is 0. The second-order valence-corrected chi connectivity index (χ2v) is 17.2. The van der Waals surface area contributed by atoms with Gasteiger partial charge in [-0.25, -0.2) is 0 Å². The first-order valence-corrected chi connectivity index (χ1v) is 16.1. The molecule has 0 bridgehead atoms. The zero-order valence-electron chi connectivity index (χ0n) is 30.0. The van der Waals surface area contributed by atoms with Crippen LogP contribution in [-0.4, -0.2) is 78.3 Å². The lowest BCUT2D eigenvalue weighted by Gasteiger charge is -2.38. The van der Waals surface area contributed by atoms with Gasteiger partial charge in [0.1, 0.15) is 0 Å². The van der Waals surface area contributed by atoms with E-state index in [1.54, 1.807) is 6.20 Å².